The molecule has 14 heteroatoms. The fourth-order valence-corrected chi connectivity index (χ4v) is 6.40. The highest BCUT2D eigenvalue weighted by Gasteiger charge is 2.51. The number of amides is 1. The molecular formula is C27H38N5O7PSi. The average molecular weight is 604 g/mol. The number of nitrogens with zero attached hydrogens (tertiary/aromatic N) is 4. The Balaban J connectivity index is 1.73. The summed E-state index contributed by atoms with van der Waals surface area (Å²) < 4.78 is 38.2. The molecule has 3 heterocycles. The molecule has 0 bridgehead atoms. The Morgan fingerprint density at radius 3 is 2.54 bits per heavy atom. The predicted octanol–water partition coefficient (Wildman–Crippen LogP) is 5.12. The van der Waals surface area contributed by atoms with Crippen molar-refractivity contribution in [3.05, 3.63) is 60.4 Å². The molecule has 1 aliphatic heterocycles. The van der Waals surface area contributed by atoms with Gasteiger partial charge < -0.3 is 28.6 Å². The van der Waals surface area contributed by atoms with Crippen molar-refractivity contribution in [1.29, 1.82) is 0 Å². The second-order valence-electron chi connectivity index (χ2n) is 11.2. The van der Waals surface area contributed by atoms with E-state index in [0.29, 0.717) is 16.7 Å². The number of aromatic nitrogens is 4. The smallest absolute Gasteiger partial charge is 0.351 e. The molecule has 0 aliphatic carbocycles. The van der Waals surface area contributed by atoms with Gasteiger partial charge in [-0.1, -0.05) is 39.0 Å². The van der Waals surface area contributed by atoms with Gasteiger partial charge in [0, 0.05) is 18.5 Å². The molecule has 12 nitrogen and oxygen atoms in total. The van der Waals surface area contributed by atoms with Crippen LogP contribution in [-0.4, -0.2) is 70.7 Å². The minimum Gasteiger partial charge on any atom is -0.407 e. The standard InChI is InChI=1S/C27H38N5O7PSi/c1-8-37-40(34,35)15-14-19-21(36-5)22(39-41(6,7)27(2,3)4)26(38-19)32-17-30-20-23(28-16-29-24(20)32)31-25(33)18-12-10-9-11-13-18/h9-17,19,21-22,26H,8H2,1-7H3,(H,34,35)(H,28,29,31,33)/t19-,21-,22-,26-/m1/s1. The van der Waals surface area contributed by atoms with E-state index in [2.05, 4.69) is 54.1 Å². The van der Waals surface area contributed by atoms with Crippen molar-refractivity contribution in [2.24, 2.45) is 0 Å². The summed E-state index contributed by atoms with van der Waals surface area (Å²) >= 11 is 0. The molecule has 1 aromatic carbocycles. The maximum absolute atomic E-state index is 12.8. The van der Waals surface area contributed by atoms with Gasteiger partial charge in [-0.3, -0.25) is 13.9 Å². The average Bonchev–Trinajstić information content (AvgIpc) is 3.48. The molecule has 5 atom stereocenters. The Labute approximate surface area is 240 Å². The fourth-order valence-electron chi connectivity index (χ4n) is 4.27. The largest absolute Gasteiger partial charge is 0.407 e. The zero-order chi connectivity index (χ0) is 30.0. The number of nitrogens with one attached hydrogen (secondary N) is 1. The predicted molar refractivity (Wildman–Crippen MR) is 157 cm³/mol. The summed E-state index contributed by atoms with van der Waals surface area (Å²) in [5.41, 5.74) is 1.26. The second-order valence-corrected chi connectivity index (χ2v) is 17.7. The van der Waals surface area contributed by atoms with E-state index in [9.17, 15) is 14.3 Å². The zero-order valence-corrected chi connectivity index (χ0v) is 26.2. The van der Waals surface area contributed by atoms with Crippen LogP contribution in [0.1, 0.15) is 44.3 Å². The minimum absolute atomic E-state index is 0.0843. The van der Waals surface area contributed by atoms with Gasteiger partial charge in [0.2, 0.25) is 0 Å². The third-order valence-corrected chi connectivity index (χ3v) is 13.1. The first-order valence-electron chi connectivity index (χ1n) is 13.3. The minimum atomic E-state index is -3.96. The van der Waals surface area contributed by atoms with E-state index in [4.69, 9.17) is 18.4 Å². The molecule has 1 saturated heterocycles. The van der Waals surface area contributed by atoms with Gasteiger partial charge in [0.1, 0.15) is 24.6 Å². The van der Waals surface area contributed by atoms with E-state index in [1.165, 1.54) is 12.4 Å². The van der Waals surface area contributed by atoms with E-state index >= 15 is 0 Å². The molecule has 0 spiro atoms. The van der Waals surface area contributed by atoms with Crippen LogP contribution >= 0.6 is 7.60 Å². The first-order chi connectivity index (χ1) is 19.3. The lowest BCUT2D eigenvalue weighted by molar-refractivity contribution is -0.0204. The fraction of sp³-hybridized carbons (Fsp3) is 0.481. The number of hydrogen-bond donors (Lipinski definition) is 2. The van der Waals surface area contributed by atoms with Crippen LogP contribution in [0.15, 0.2) is 54.9 Å². The summed E-state index contributed by atoms with van der Waals surface area (Å²) in [7, 11) is -4.77. The molecule has 1 amide bonds. The Kier molecular flexibility index (Phi) is 9.29. The number of benzene rings is 1. The lowest BCUT2D eigenvalue weighted by atomic mass is 10.1. The maximum Gasteiger partial charge on any atom is 0.351 e. The van der Waals surface area contributed by atoms with Gasteiger partial charge in [-0.15, -0.1) is 0 Å². The molecule has 4 rings (SSSR count). The van der Waals surface area contributed by atoms with E-state index in [0.717, 1.165) is 5.82 Å². The molecule has 1 unspecified atom stereocenters. The zero-order valence-electron chi connectivity index (χ0n) is 24.3. The lowest BCUT2D eigenvalue weighted by Crippen LogP contribution is -2.48. The van der Waals surface area contributed by atoms with Crippen LogP contribution in [0, 0.1) is 0 Å². The summed E-state index contributed by atoms with van der Waals surface area (Å²) in [6.07, 6.45) is 1.64. The van der Waals surface area contributed by atoms with Crippen molar-refractivity contribution >= 4 is 38.8 Å². The van der Waals surface area contributed by atoms with Gasteiger partial charge in [-0.25, -0.2) is 15.0 Å². The quantitative estimate of drug-likeness (QED) is 0.236. The van der Waals surface area contributed by atoms with Crippen molar-refractivity contribution in [3.63, 3.8) is 0 Å². The van der Waals surface area contributed by atoms with Crippen molar-refractivity contribution in [2.75, 3.05) is 19.0 Å². The number of carbonyl (C=O) groups is 1. The number of hydrogen-bond acceptors (Lipinski definition) is 9. The molecule has 2 N–H and O–H groups in total. The van der Waals surface area contributed by atoms with Gasteiger partial charge >= 0.3 is 7.60 Å². The van der Waals surface area contributed by atoms with Crippen LogP contribution in [0.5, 0.6) is 0 Å². The summed E-state index contributed by atoms with van der Waals surface area (Å²) in [4.78, 5) is 36.2. The summed E-state index contributed by atoms with van der Waals surface area (Å²) in [6.45, 7) is 12.4. The summed E-state index contributed by atoms with van der Waals surface area (Å²) in [6, 6.07) is 8.80. The summed E-state index contributed by atoms with van der Waals surface area (Å²) in [5, 5.41) is 2.69. The molecule has 1 aliphatic rings. The van der Waals surface area contributed by atoms with Gasteiger partial charge in [0.25, 0.3) is 5.91 Å². The highest BCUT2D eigenvalue weighted by molar-refractivity contribution is 7.56. The molecule has 3 aromatic rings. The Bertz CT molecular complexity index is 1440. The molecule has 0 radical (unpaired) electrons. The highest BCUT2D eigenvalue weighted by Crippen LogP contribution is 2.46. The highest BCUT2D eigenvalue weighted by atomic mass is 31.2. The molecule has 222 valence electrons. The Hall–Kier alpha value is -2.77. The van der Waals surface area contributed by atoms with Crippen molar-refractivity contribution in [3.8, 4) is 0 Å². The van der Waals surface area contributed by atoms with Crippen molar-refractivity contribution < 1.29 is 32.7 Å². The number of anilines is 1. The Morgan fingerprint density at radius 1 is 1.20 bits per heavy atom. The molecule has 1 fully saturated rings. The van der Waals surface area contributed by atoms with Crippen LogP contribution in [0.4, 0.5) is 5.82 Å². The number of ether oxygens (including phenoxy) is 2. The molecule has 41 heavy (non-hydrogen) atoms. The number of carbonyl (C=O) groups excluding carboxylic acids is 1. The van der Waals surface area contributed by atoms with Gasteiger partial charge in [-0.2, -0.15) is 0 Å². The summed E-state index contributed by atoms with van der Waals surface area (Å²) in [5.74, 6) is 1.04. The first-order valence-corrected chi connectivity index (χ1v) is 17.9. The van der Waals surface area contributed by atoms with E-state index in [1.807, 2.05) is 6.07 Å². The van der Waals surface area contributed by atoms with Crippen LogP contribution < -0.4 is 5.32 Å². The van der Waals surface area contributed by atoms with Gasteiger partial charge in [-0.05, 0) is 43.3 Å². The van der Waals surface area contributed by atoms with Crippen LogP contribution in [-0.2, 0) is 23.0 Å². The van der Waals surface area contributed by atoms with Crippen molar-refractivity contribution in [1.82, 2.24) is 19.5 Å². The van der Waals surface area contributed by atoms with E-state index in [-0.39, 0.29) is 23.4 Å². The number of imidazole rings is 1. The van der Waals surface area contributed by atoms with E-state index < -0.39 is 40.5 Å². The number of methoxy groups -OCH3 is 1. The SMILES string of the molecule is CCOP(=O)(O)C=C[C@H]1O[C@@H](n2cnc3c(NC(=O)c4ccccc4)ncnc32)[C@H](O[Si](C)(C)C(C)(C)C)[C@@H]1OC. The van der Waals surface area contributed by atoms with Crippen molar-refractivity contribution in [2.45, 2.75) is 70.4 Å². The van der Waals surface area contributed by atoms with Crippen LogP contribution in [0.2, 0.25) is 18.1 Å². The number of fused-ring (bicyclic) bond motifs is 1. The topological polar surface area (TPSA) is 147 Å². The first kappa shape index (κ1) is 31.2. The van der Waals surface area contributed by atoms with Crippen LogP contribution in [0.3, 0.4) is 0 Å². The van der Waals surface area contributed by atoms with Gasteiger partial charge in [0.15, 0.2) is 31.5 Å². The van der Waals surface area contributed by atoms with E-state index in [1.54, 1.807) is 49.2 Å². The third-order valence-electron chi connectivity index (χ3n) is 7.41. The van der Waals surface area contributed by atoms with Gasteiger partial charge in [0.05, 0.1) is 12.9 Å². The second kappa shape index (κ2) is 12.2. The molecule has 0 saturated carbocycles. The maximum atomic E-state index is 12.8. The molecular weight excluding hydrogens is 565 g/mol. The third kappa shape index (κ3) is 6.83. The molecule has 2 aromatic heterocycles. The normalized spacial score (nSPS) is 23.2. The Morgan fingerprint density at radius 2 is 1.90 bits per heavy atom. The number of rotatable bonds is 10. The van der Waals surface area contributed by atoms with Crippen LogP contribution in [0.25, 0.3) is 11.2 Å². The lowest BCUT2D eigenvalue weighted by Gasteiger charge is -2.40. The monoisotopic (exact) mass is 603 g/mol.